The average molecular weight is 360 g/mol. The number of halogens is 2. The largest absolute Gasteiger partial charge is 0.494 e. The molecule has 138 valence electrons. The Morgan fingerprint density at radius 1 is 1.15 bits per heavy atom. The second-order valence-electron chi connectivity index (χ2n) is 5.93. The van der Waals surface area contributed by atoms with Gasteiger partial charge in [-0.05, 0) is 43.2 Å². The number of unbranched alkanes of at least 4 members (excludes halogenated alkanes) is 1. The highest BCUT2D eigenvalue weighted by Crippen LogP contribution is 2.18. The van der Waals surface area contributed by atoms with Gasteiger partial charge in [0.1, 0.15) is 18.2 Å². The lowest BCUT2D eigenvalue weighted by molar-refractivity contribution is 0.260. The van der Waals surface area contributed by atoms with Gasteiger partial charge in [-0.3, -0.25) is 0 Å². The summed E-state index contributed by atoms with van der Waals surface area (Å²) in [5, 5.41) is 11.8. The van der Waals surface area contributed by atoms with E-state index < -0.39 is 11.6 Å². The number of nitrogens with zero attached hydrogens (tertiary/aromatic N) is 1. The predicted molar refractivity (Wildman–Crippen MR) is 94.9 cm³/mol. The molecule has 0 fully saturated rings. The Morgan fingerprint density at radius 3 is 2.77 bits per heavy atom. The third kappa shape index (κ3) is 6.69. The molecule has 2 aromatic rings. The van der Waals surface area contributed by atoms with Gasteiger partial charge < -0.3 is 14.8 Å². The first-order valence-electron chi connectivity index (χ1n) is 8.48. The van der Waals surface area contributed by atoms with Crippen LogP contribution in [0.5, 0.6) is 11.5 Å². The SMILES string of the molecule is CC(COc1ccc(F)cc1F)NCc1cccc(OCCCC#N)c1. The van der Waals surface area contributed by atoms with E-state index in [4.69, 9.17) is 14.7 Å². The zero-order valence-electron chi connectivity index (χ0n) is 14.7. The van der Waals surface area contributed by atoms with E-state index in [9.17, 15) is 8.78 Å². The molecule has 0 bridgehead atoms. The van der Waals surface area contributed by atoms with Crippen LogP contribution < -0.4 is 14.8 Å². The summed E-state index contributed by atoms with van der Waals surface area (Å²) in [5.74, 6) is -0.540. The maximum atomic E-state index is 13.5. The second-order valence-corrected chi connectivity index (χ2v) is 5.93. The van der Waals surface area contributed by atoms with E-state index in [0.29, 0.717) is 26.0 Å². The molecule has 0 aliphatic heterocycles. The van der Waals surface area contributed by atoms with Crippen molar-refractivity contribution in [3.8, 4) is 17.6 Å². The monoisotopic (exact) mass is 360 g/mol. The third-order valence-corrected chi connectivity index (χ3v) is 3.64. The third-order valence-electron chi connectivity index (χ3n) is 3.64. The molecule has 1 N–H and O–H groups in total. The summed E-state index contributed by atoms with van der Waals surface area (Å²) in [4.78, 5) is 0. The molecule has 0 aliphatic rings. The smallest absolute Gasteiger partial charge is 0.167 e. The minimum Gasteiger partial charge on any atom is -0.494 e. The summed E-state index contributed by atoms with van der Waals surface area (Å²) < 4.78 is 37.4. The van der Waals surface area contributed by atoms with Crippen LogP contribution in [0.4, 0.5) is 8.78 Å². The molecule has 4 nitrogen and oxygen atoms in total. The molecule has 0 amide bonds. The Labute approximate surface area is 152 Å². The van der Waals surface area contributed by atoms with Gasteiger partial charge in [-0.25, -0.2) is 8.78 Å². The lowest BCUT2D eigenvalue weighted by Gasteiger charge is -2.16. The number of hydrogen-bond acceptors (Lipinski definition) is 4. The number of nitriles is 1. The lowest BCUT2D eigenvalue weighted by atomic mass is 10.2. The fraction of sp³-hybridized carbons (Fsp3) is 0.350. The van der Waals surface area contributed by atoms with Crippen LogP contribution in [0.25, 0.3) is 0 Å². The minimum absolute atomic E-state index is 0.0281. The van der Waals surface area contributed by atoms with Crippen molar-refractivity contribution in [3.63, 3.8) is 0 Å². The fourth-order valence-corrected chi connectivity index (χ4v) is 2.24. The Hall–Kier alpha value is -2.65. The molecule has 0 spiro atoms. The van der Waals surface area contributed by atoms with Crippen molar-refractivity contribution in [3.05, 3.63) is 59.7 Å². The van der Waals surface area contributed by atoms with Gasteiger partial charge in [0.15, 0.2) is 11.6 Å². The summed E-state index contributed by atoms with van der Waals surface area (Å²) in [7, 11) is 0. The van der Waals surface area contributed by atoms with Crippen LogP contribution in [0, 0.1) is 23.0 Å². The molecule has 26 heavy (non-hydrogen) atoms. The standard InChI is InChI=1S/C20H22F2N2O2/c1-15(14-26-20-8-7-17(21)12-19(20)22)24-13-16-5-4-6-18(11-16)25-10-3-2-9-23/h4-8,11-12,15,24H,2-3,10,13-14H2,1H3. The molecule has 6 heteroatoms. The summed E-state index contributed by atoms with van der Waals surface area (Å²) >= 11 is 0. The molecular weight excluding hydrogens is 338 g/mol. The predicted octanol–water partition coefficient (Wildman–Crippen LogP) is 4.20. The Bertz CT molecular complexity index is 747. The van der Waals surface area contributed by atoms with Gasteiger partial charge in [0.05, 0.1) is 12.7 Å². The van der Waals surface area contributed by atoms with Crippen LogP contribution >= 0.6 is 0 Å². The maximum absolute atomic E-state index is 13.5. The van der Waals surface area contributed by atoms with E-state index in [0.717, 1.165) is 17.4 Å². The summed E-state index contributed by atoms with van der Waals surface area (Å²) in [5.41, 5.74) is 1.04. The van der Waals surface area contributed by atoms with Gasteiger partial charge in [0.25, 0.3) is 0 Å². The summed E-state index contributed by atoms with van der Waals surface area (Å²) in [6.07, 6.45) is 1.18. The van der Waals surface area contributed by atoms with E-state index in [1.165, 1.54) is 12.1 Å². The van der Waals surface area contributed by atoms with Crippen molar-refractivity contribution in [2.45, 2.75) is 32.4 Å². The highest BCUT2D eigenvalue weighted by atomic mass is 19.1. The topological polar surface area (TPSA) is 54.3 Å². The highest BCUT2D eigenvalue weighted by Gasteiger charge is 2.08. The first kappa shape index (κ1) is 19.7. The van der Waals surface area contributed by atoms with Crippen LogP contribution in [0.1, 0.15) is 25.3 Å². The molecule has 0 aromatic heterocycles. The van der Waals surface area contributed by atoms with Crippen LogP contribution in [0.3, 0.4) is 0 Å². The van der Waals surface area contributed by atoms with Crippen molar-refractivity contribution in [1.82, 2.24) is 5.32 Å². The minimum atomic E-state index is -0.710. The van der Waals surface area contributed by atoms with Crippen LogP contribution in [-0.2, 0) is 6.54 Å². The number of rotatable bonds is 10. The second kappa shape index (κ2) is 10.4. The number of nitrogens with one attached hydrogen (secondary N) is 1. The number of benzene rings is 2. The number of hydrogen-bond donors (Lipinski definition) is 1. The molecule has 1 atom stereocenters. The molecule has 0 saturated heterocycles. The molecule has 0 radical (unpaired) electrons. The van der Waals surface area contributed by atoms with Gasteiger partial charge in [0.2, 0.25) is 0 Å². The number of ether oxygens (including phenoxy) is 2. The first-order chi connectivity index (χ1) is 12.6. The zero-order valence-corrected chi connectivity index (χ0v) is 14.7. The molecule has 0 saturated carbocycles. The van der Waals surface area contributed by atoms with Crippen molar-refractivity contribution in [1.29, 1.82) is 5.26 Å². The fourth-order valence-electron chi connectivity index (χ4n) is 2.24. The van der Waals surface area contributed by atoms with Crippen LogP contribution in [-0.4, -0.2) is 19.3 Å². The molecular formula is C20H22F2N2O2. The van der Waals surface area contributed by atoms with E-state index in [-0.39, 0.29) is 18.4 Å². The molecule has 1 unspecified atom stereocenters. The first-order valence-corrected chi connectivity index (χ1v) is 8.48. The van der Waals surface area contributed by atoms with E-state index in [1.54, 1.807) is 0 Å². The van der Waals surface area contributed by atoms with Crippen molar-refractivity contribution >= 4 is 0 Å². The van der Waals surface area contributed by atoms with Gasteiger partial charge >= 0.3 is 0 Å². The van der Waals surface area contributed by atoms with Gasteiger partial charge in [-0.2, -0.15) is 5.26 Å². The Morgan fingerprint density at radius 2 is 2.00 bits per heavy atom. The van der Waals surface area contributed by atoms with E-state index in [2.05, 4.69) is 11.4 Å². The lowest BCUT2D eigenvalue weighted by Crippen LogP contribution is -2.31. The summed E-state index contributed by atoms with van der Waals surface area (Å²) in [6, 6.07) is 13.0. The highest BCUT2D eigenvalue weighted by molar-refractivity contribution is 5.28. The molecule has 2 rings (SSSR count). The average Bonchev–Trinajstić information content (AvgIpc) is 2.63. The van der Waals surface area contributed by atoms with Crippen molar-refractivity contribution < 1.29 is 18.3 Å². The van der Waals surface area contributed by atoms with E-state index in [1.807, 2.05) is 31.2 Å². The molecule has 2 aromatic carbocycles. The molecule has 0 heterocycles. The van der Waals surface area contributed by atoms with Gasteiger partial charge in [-0.1, -0.05) is 12.1 Å². The maximum Gasteiger partial charge on any atom is 0.167 e. The van der Waals surface area contributed by atoms with Crippen LogP contribution in [0.2, 0.25) is 0 Å². The van der Waals surface area contributed by atoms with E-state index >= 15 is 0 Å². The quantitative estimate of drug-likeness (QED) is 0.645. The zero-order chi connectivity index (χ0) is 18.8. The van der Waals surface area contributed by atoms with Crippen molar-refractivity contribution in [2.24, 2.45) is 0 Å². The Kier molecular flexibility index (Phi) is 7.84. The Balaban J connectivity index is 1.76. The normalized spacial score (nSPS) is 11.6. The molecule has 0 aliphatic carbocycles. The summed E-state index contributed by atoms with van der Waals surface area (Å²) in [6.45, 7) is 3.29. The van der Waals surface area contributed by atoms with Gasteiger partial charge in [-0.15, -0.1) is 0 Å². The van der Waals surface area contributed by atoms with Crippen LogP contribution in [0.15, 0.2) is 42.5 Å². The van der Waals surface area contributed by atoms with Gasteiger partial charge in [0, 0.05) is 25.1 Å². The van der Waals surface area contributed by atoms with Crippen molar-refractivity contribution in [2.75, 3.05) is 13.2 Å².